The van der Waals surface area contributed by atoms with Gasteiger partial charge in [0.15, 0.2) is 9.84 Å². The molecule has 0 unspecified atom stereocenters. The number of sulfone groups is 1. The number of carboxylic acid groups (broad SMARTS) is 1. The second-order valence-corrected chi connectivity index (χ2v) is 7.46. The molecular formula is C15H19NO5S. The van der Waals surface area contributed by atoms with E-state index >= 15 is 0 Å². The predicted octanol–water partition coefficient (Wildman–Crippen LogP) is 0.930. The normalized spacial score (nSPS) is 13.6. The molecule has 0 spiro atoms. The topological polar surface area (TPSA) is 101 Å². The Bertz CT molecular complexity index is 681. The molecule has 7 heteroatoms. The summed E-state index contributed by atoms with van der Waals surface area (Å²) in [5, 5.41) is 10.9. The lowest BCUT2D eigenvalue weighted by Crippen LogP contribution is -2.27. The molecule has 1 aliphatic rings. The molecule has 1 aliphatic carbocycles. The molecule has 2 rings (SSSR count). The molecule has 0 bridgehead atoms. The molecule has 120 valence electrons. The molecule has 0 saturated carbocycles. The molecule has 1 aromatic rings. The minimum absolute atomic E-state index is 0.00700. The quantitative estimate of drug-likeness (QED) is 0.777. The fraction of sp³-hybridized carbons (Fsp3) is 0.467. The van der Waals surface area contributed by atoms with Gasteiger partial charge >= 0.3 is 5.97 Å². The van der Waals surface area contributed by atoms with E-state index in [0.29, 0.717) is 0 Å². The Labute approximate surface area is 129 Å². The van der Waals surface area contributed by atoms with Gasteiger partial charge in [-0.25, -0.2) is 8.42 Å². The molecule has 1 amide bonds. The summed E-state index contributed by atoms with van der Waals surface area (Å²) >= 11 is 0. The van der Waals surface area contributed by atoms with Crippen molar-refractivity contribution in [3.63, 3.8) is 0 Å². The van der Waals surface area contributed by atoms with Crippen LogP contribution in [0, 0.1) is 0 Å². The molecule has 22 heavy (non-hydrogen) atoms. The smallest absolute Gasteiger partial charge is 0.305 e. The summed E-state index contributed by atoms with van der Waals surface area (Å²) in [5.41, 5.74) is 2.28. The molecule has 6 nitrogen and oxygen atoms in total. The Morgan fingerprint density at radius 3 is 2.59 bits per heavy atom. The van der Waals surface area contributed by atoms with Crippen LogP contribution in [0.15, 0.2) is 23.1 Å². The second-order valence-electron chi connectivity index (χ2n) is 5.35. The average molecular weight is 325 g/mol. The van der Waals surface area contributed by atoms with Crippen molar-refractivity contribution >= 4 is 21.7 Å². The summed E-state index contributed by atoms with van der Waals surface area (Å²) in [6, 6.07) is 5.16. The van der Waals surface area contributed by atoms with Gasteiger partial charge in [-0.3, -0.25) is 9.59 Å². The maximum Gasteiger partial charge on any atom is 0.305 e. The number of fused-ring (bicyclic) bond motifs is 1. The van der Waals surface area contributed by atoms with Crippen LogP contribution in [-0.2, 0) is 32.3 Å². The number of rotatable bonds is 7. The van der Waals surface area contributed by atoms with Crippen LogP contribution in [0.3, 0.4) is 0 Å². The number of carboxylic acids is 1. The van der Waals surface area contributed by atoms with E-state index in [9.17, 15) is 18.0 Å². The summed E-state index contributed by atoms with van der Waals surface area (Å²) in [7, 11) is -3.50. The number of benzene rings is 1. The Kier molecular flexibility index (Phi) is 5.18. The van der Waals surface area contributed by atoms with Crippen molar-refractivity contribution in [2.45, 2.75) is 37.0 Å². The fourth-order valence-electron chi connectivity index (χ4n) is 2.48. The molecule has 0 radical (unpaired) electrons. The first-order valence-electron chi connectivity index (χ1n) is 7.21. The number of carbonyl (C=O) groups excluding carboxylic acids is 1. The van der Waals surface area contributed by atoms with Crippen molar-refractivity contribution in [1.82, 2.24) is 5.32 Å². The van der Waals surface area contributed by atoms with E-state index in [4.69, 9.17) is 5.11 Å². The molecule has 0 aliphatic heterocycles. The Morgan fingerprint density at radius 2 is 1.86 bits per heavy atom. The number of hydrogen-bond acceptors (Lipinski definition) is 4. The number of aryl methyl sites for hydroxylation is 2. The van der Waals surface area contributed by atoms with Crippen LogP contribution < -0.4 is 5.32 Å². The maximum absolute atomic E-state index is 12.2. The lowest BCUT2D eigenvalue weighted by atomic mass is 10.1. The highest BCUT2D eigenvalue weighted by Gasteiger charge is 2.19. The van der Waals surface area contributed by atoms with Gasteiger partial charge in [0.2, 0.25) is 5.91 Å². The number of hydrogen-bond donors (Lipinski definition) is 2. The average Bonchev–Trinajstić information content (AvgIpc) is 2.92. The minimum Gasteiger partial charge on any atom is -0.481 e. The molecule has 1 aromatic carbocycles. The number of carbonyl (C=O) groups is 2. The van der Waals surface area contributed by atoms with Crippen molar-refractivity contribution in [3.05, 3.63) is 29.3 Å². The Balaban J connectivity index is 1.91. The van der Waals surface area contributed by atoms with Gasteiger partial charge in [0.1, 0.15) is 0 Å². The number of nitrogens with one attached hydrogen (secondary N) is 1. The third kappa shape index (κ3) is 4.30. The summed E-state index contributed by atoms with van der Waals surface area (Å²) in [6.45, 7) is 0.00700. The summed E-state index contributed by atoms with van der Waals surface area (Å²) in [6.07, 6.45) is 2.59. The van der Waals surface area contributed by atoms with E-state index in [0.717, 1.165) is 24.8 Å². The summed E-state index contributed by atoms with van der Waals surface area (Å²) < 4.78 is 24.5. The third-order valence-electron chi connectivity index (χ3n) is 3.69. The van der Waals surface area contributed by atoms with Gasteiger partial charge in [0.25, 0.3) is 0 Å². The first-order chi connectivity index (χ1) is 10.4. The van der Waals surface area contributed by atoms with Gasteiger partial charge in [0, 0.05) is 13.0 Å². The molecule has 0 aromatic heterocycles. The minimum atomic E-state index is -3.50. The molecule has 0 heterocycles. The van der Waals surface area contributed by atoms with Crippen LogP contribution in [0.2, 0.25) is 0 Å². The standard InChI is InChI=1S/C15H19NO5S/c17-14(16-8-6-15(18)19)7-9-22(20,21)13-5-4-11-2-1-3-12(11)10-13/h4-5,10H,1-3,6-9H2,(H,16,17)(H,18,19). The van der Waals surface area contributed by atoms with E-state index in [1.807, 2.05) is 6.07 Å². The Hall–Kier alpha value is -1.89. The highest BCUT2D eigenvalue weighted by atomic mass is 32.2. The molecular weight excluding hydrogens is 306 g/mol. The molecule has 2 N–H and O–H groups in total. The van der Waals surface area contributed by atoms with Crippen molar-refractivity contribution in [2.24, 2.45) is 0 Å². The molecule has 0 saturated heterocycles. The van der Waals surface area contributed by atoms with Crippen LogP contribution in [0.1, 0.15) is 30.4 Å². The predicted molar refractivity (Wildman–Crippen MR) is 80.4 cm³/mol. The lowest BCUT2D eigenvalue weighted by molar-refractivity contribution is -0.136. The highest BCUT2D eigenvalue weighted by molar-refractivity contribution is 7.91. The van der Waals surface area contributed by atoms with Gasteiger partial charge in [-0.05, 0) is 42.5 Å². The van der Waals surface area contributed by atoms with Gasteiger partial charge in [0.05, 0.1) is 17.1 Å². The van der Waals surface area contributed by atoms with Crippen molar-refractivity contribution in [3.8, 4) is 0 Å². The monoisotopic (exact) mass is 325 g/mol. The first kappa shape index (κ1) is 16.5. The summed E-state index contributed by atoms with van der Waals surface area (Å²) in [4.78, 5) is 22.1. The summed E-state index contributed by atoms with van der Waals surface area (Å²) in [5.74, 6) is -1.73. The molecule has 0 fully saturated rings. The zero-order valence-corrected chi connectivity index (χ0v) is 13.0. The van der Waals surface area contributed by atoms with E-state index < -0.39 is 21.7 Å². The number of amides is 1. The third-order valence-corrected chi connectivity index (χ3v) is 5.40. The second kappa shape index (κ2) is 6.91. The maximum atomic E-state index is 12.2. The zero-order valence-electron chi connectivity index (χ0n) is 12.2. The lowest BCUT2D eigenvalue weighted by Gasteiger charge is -2.07. The van der Waals surface area contributed by atoms with Crippen LogP contribution in [-0.4, -0.2) is 37.7 Å². The van der Waals surface area contributed by atoms with Gasteiger partial charge in [-0.15, -0.1) is 0 Å². The van der Waals surface area contributed by atoms with Crippen LogP contribution in [0.25, 0.3) is 0 Å². The van der Waals surface area contributed by atoms with Crippen LogP contribution in [0.4, 0.5) is 0 Å². The Morgan fingerprint density at radius 1 is 1.14 bits per heavy atom. The largest absolute Gasteiger partial charge is 0.481 e. The van der Waals surface area contributed by atoms with Crippen LogP contribution in [0.5, 0.6) is 0 Å². The molecule has 0 atom stereocenters. The zero-order chi connectivity index (χ0) is 16.2. The van der Waals surface area contributed by atoms with Gasteiger partial charge < -0.3 is 10.4 Å². The van der Waals surface area contributed by atoms with E-state index in [-0.39, 0.29) is 30.0 Å². The van der Waals surface area contributed by atoms with Gasteiger partial charge in [-0.1, -0.05) is 6.07 Å². The van der Waals surface area contributed by atoms with E-state index in [1.165, 1.54) is 5.56 Å². The van der Waals surface area contributed by atoms with E-state index in [2.05, 4.69) is 5.32 Å². The first-order valence-corrected chi connectivity index (χ1v) is 8.87. The van der Waals surface area contributed by atoms with E-state index in [1.54, 1.807) is 12.1 Å². The van der Waals surface area contributed by atoms with Crippen LogP contribution >= 0.6 is 0 Å². The fourth-order valence-corrected chi connectivity index (χ4v) is 3.77. The van der Waals surface area contributed by atoms with Crippen molar-refractivity contribution in [1.29, 1.82) is 0 Å². The number of aliphatic carboxylic acids is 1. The van der Waals surface area contributed by atoms with Crippen molar-refractivity contribution < 1.29 is 23.1 Å². The highest BCUT2D eigenvalue weighted by Crippen LogP contribution is 2.25. The SMILES string of the molecule is O=C(O)CCNC(=O)CCS(=O)(=O)c1ccc2c(c1)CCC2. The van der Waals surface area contributed by atoms with Crippen molar-refractivity contribution in [2.75, 3.05) is 12.3 Å². The van der Waals surface area contributed by atoms with Gasteiger partial charge in [-0.2, -0.15) is 0 Å².